The van der Waals surface area contributed by atoms with Crippen LogP contribution in [0.2, 0.25) is 0 Å². The van der Waals surface area contributed by atoms with E-state index in [4.69, 9.17) is 0 Å². The van der Waals surface area contributed by atoms with Crippen LogP contribution in [-0.4, -0.2) is 0 Å². The van der Waals surface area contributed by atoms with E-state index in [1.165, 1.54) is 64.7 Å². The molecule has 1 N–H and O–H groups in total. The third-order valence-electron chi connectivity index (χ3n) is 8.67. The van der Waals surface area contributed by atoms with E-state index >= 15 is 0 Å². The van der Waals surface area contributed by atoms with Crippen LogP contribution in [0.5, 0.6) is 0 Å². The number of hydrogen-bond donors (Lipinski definition) is 1. The molecule has 0 spiro atoms. The zero-order valence-corrected chi connectivity index (χ0v) is 23.9. The van der Waals surface area contributed by atoms with Crippen LogP contribution in [0.4, 0.5) is 11.4 Å². The van der Waals surface area contributed by atoms with Crippen molar-refractivity contribution in [3.8, 4) is 33.4 Å². The summed E-state index contributed by atoms with van der Waals surface area (Å²) in [6, 6.07) is 48.7. The van der Waals surface area contributed by atoms with Gasteiger partial charge in [0.2, 0.25) is 0 Å². The first-order valence-corrected chi connectivity index (χ1v) is 15.0. The molecule has 1 nitrogen and oxygen atoms in total. The summed E-state index contributed by atoms with van der Waals surface area (Å²) in [5.41, 5.74) is 12.6. The van der Waals surface area contributed by atoms with Crippen molar-refractivity contribution in [2.24, 2.45) is 0 Å². The maximum atomic E-state index is 3.75. The predicted octanol–water partition coefficient (Wildman–Crippen LogP) is 11.4. The average Bonchev–Trinajstić information content (AvgIpc) is 3.50. The Morgan fingerprint density at radius 1 is 0.488 bits per heavy atom. The fourth-order valence-electron chi connectivity index (χ4n) is 6.66. The van der Waals surface area contributed by atoms with E-state index in [9.17, 15) is 0 Å². The van der Waals surface area contributed by atoms with Crippen molar-refractivity contribution in [1.29, 1.82) is 0 Å². The third kappa shape index (κ3) is 3.83. The highest BCUT2D eigenvalue weighted by atomic mass is 32.1. The lowest BCUT2D eigenvalue weighted by Gasteiger charge is -2.22. The molecule has 196 valence electrons. The van der Waals surface area contributed by atoms with Gasteiger partial charge in [-0.05, 0) is 80.9 Å². The molecule has 1 aliphatic rings. The first-order chi connectivity index (χ1) is 20.1. The van der Waals surface area contributed by atoms with E-state index in [1.807, 2.05) is 11.3 Å². The Morgan fingerprint density at radius 3 is 2.02 bits per heavy atom. The minimum absolute atomic E-state index is 0.0232. The van der Waals surface area contributed by atoms with Crippen LogP contribution >= 0.6 is 11.3 Å². The highest BCUT2D eigenvalue weighted by molar-refractivity contribution is 7.25. The van der Waals surface area contributed by atoms with E-state index in [-0.39, 0.29) is 5.41 Å². The minimum Gasteiger partial charge on any atom is -0.355 e. The molecule has 6 aromatic carbocycles. The normalized spacial score (nSPS) is 13.3. The molecule has 1 aliphatic carbocycles. The standard InChI is InChI=1S/C39H29NS/c1-39(2)34-16-8-6-13-29(34)30-22-20-27(24-35(30)39)40-26-19-21-28(33(23-26)25-11-4-3-5-12-25)31-15-10-18-37-38(31)32-14-7-9-17-36(32)41-37/h3-24,40H,1-2H3. The van der Waals surface area contributed by atoms with Crippen LogP contribution in [0, 0.1) is 0 Å². The summed E-state index contributed by atoms with van der Waals surface area (Å²) in [4.78, 5) is 0. The van der Waals surface area contributed by atoms with Gasteiger partial charge in [0.05, 0.1) is 0 Å². The zero-order valence-electron chi connectivity index (χ0n) is 23.1. The molecule has 0 amide bonds. The fourth-order valence-corrected chi connectivity index (χ4v) is 7.79. The van der Waals surface area contributed by atoms with Crippen molar-refractivity contribution in [2.75, 3.05) is 5.32 Å². The topological polar surface area (TPSA) is 12.0 Å². The summed E-state index contributed by atoms with van der Waals surface area (Å²) in [6.07, 6.45) is 0. The summed E-state index contributed by atoms with van der Waals surface area (Å²) in [5, 5.41) is 6.42. The summed E-state index contributed by atoms with van der Waals surface area (Å²) in [6.45, 7) is 4.66. The molecule has 0 saturated carbocycles. The van der Waals surface area contributed by atoms with Crippen LogP contribution in [0.1, 0.15) is 25.0 Å². The maximum Gasteiger partial charge on any atom is 0.0390 e. The molecule has 0 unspecified atom stereocenters. The molecule has 7 aromatic rings. The Kier molecular flexibility index (Phi) is 5.42. The summed E-state index contributed by atoms with van der Waals surface area (Å²) in [5.74, 6) is 0. The van der Waals surface area contributed by atoms with Gasteiger partial charge in [0.25, 0.3) is 0 Å². The average molecular weight is 544 g/mol. The van der Waals surface area contributed by atoms with E-state index in [1.54, 1.807) is 0 Å². The van der Waals surface area contributed by atoms with Crippen LogP contribution in [0.15, 0.2) is 133 Å². The van der Waals surface area contributed by atoms with Gasteiger partial charge in [-0.2, -0.15) is 0 Å². The molecule has 0 aliphatic heterocycles. The van der Waals surface area contributed by atoms with Crippen LogP contribution in [-0.2, 0) is 5.41 Å². The quantitative estimate of drug-likeness (QED) is 0.233. The van der Waals surface area contributed by atoms with Crippen molar-refractivity contribution in [1.82, 2.24) is 0 Å². The van der Waals surface area contributed by atoms with Crippen LogP contribution in [0.25, 0.3) is 53.6 Å². The number of thiophene rings is 1. The lowest BCUT2D eigenvalue weighted by atomic mass is 9.82. The Morgan fingerprint density at radius 2 is 1.15 bits per heavy atom. The predicted molar refractivity (Wildman–Crippen MR) is 177 cm³/mol. The molecule has 0 bridgehead atoms. The number of rotatable bonds is 4. The molecular formula is C39H29NS. The first kappa shape index (κ1) is 24.2. The Labute approximate surface area is 244 Å². The molecule has 2 heteroatoms. The van der Waals surface area contributed by atoms with E-state index in [2.05, 4.69) is 153 Å². The lowest BCUT2D eigenvalue weighted by Crippen LogP contribution is -2.15. The van der Waals surface area contributed by atoms with Gasteiger partial charge in [0.1, 0.15) is 0 Å². The first-order valence-electron chi connectivity index (χ1n) is 14.2. The van der Waals surface area contributed by atoms with Crippen molar-refractivity contribution < 1.29 is 0 Å². The zero-order chi connectivity index (χ0) is 27.6. The van der Waals surface area contributed by atoms with Gasteiger partial charge < -0.3 is 5.32 Å². The second-order valence-corrected chi connectivity index (χ2v) is 12.5. The van der Waals surface area contributed by atoms with Gasteiger partial charge in [-0.15, -0.1) is 11.3 Å². The summed E-state index contributed by atoms with van der Waals surface area (Å²) >= 11 is 1.87. The molecule has 41 heavy (non-hydrogen) atoms. The van der Waals surface area contributed by atoms with Gasteiger partial charge in [0, 0.05) is 37.0 Å². The van der Waals surface area contributed by atoms with Crippen LogP contribution in [0.3, 0.4) is 0 Å². The Balaban J connectivity index is 1.25. The highest BCUT2D eigenvalue weighted by Crippen LogP contribution is 2.49. The largest absolute Gasteiger partial charge is 0.355 e. The third-order valence-corrected chi connectivity index (χ3v) is 9.81. The monoisotopic (exact) mass is 543 g/mol. The van der Waals surface area contributed by atoms with Gasteiger partial charge in [-0.25, -0.2) is 0 Å². The molecule has 1 aromatic heterocycles. The maximum absolute atomic E-state index is 3.75. The minimum atomic E-state index is -0.0232. The molecular weight excluding hydrogens is 515 g/mol. The number of nitrogens with one attached hydrogen (secondary N) is 1. The van der Waals surface area contributed by atoms with Crippen molar-refractivity contribution in [3.05, 3.63) is 145 Å². The van der Waals surface area contributed by atoms with Gasteiger partial charge >= 0.3 is 0 Å². The van der Waals surface area contributed by atoms with E-state index in [0.29, 0.717) is 0 Å². The van der Waals surface area contributed by atoms with Crippen molar-refractivity contribution in [3.63, 3.8) is 0 Å². The highest BCUT2D eigenvalue weighted by Gasteiger charge is 2.35. The fraction of sp³-hybridized carbons (Fsp3) is 0.0769. The molecule has 8 rings (SSSR count). The van der Waals surface area contributed by atoms with Gasteiger partial charge in [-0.3, -0.25) is 0 Å². The molecule has 0 saturated heterocycles. The number of hydrogen-bond acceptors (Lipinski definition) is 2. The lowest BCUT2D eigenvalue weighted by molar-refractivity contribution is 0.660. The summed E-state index contributed by atoms with van der Waals surface area (Å²) < 4.78 is 2.66. The second-order valence-electron chi connectivity index (χ2n) is 11.5. The molecule has 0 fully saturated rings. The Bertz CT molecular complexity index is 2100. The summed E-state index contributed by atoms with van der Waals surface area (Å²) in [7, 11) is 0. The van der Waals surface area contributed by atoms with Crippen LogP contribution < -0.4 is 5.32 Å². The van der Waals surface area contributed by atoms with Gasteiger partial charge in [-0.1, -0.05) is 111 Å². The smallest absolute Gasteiger partial charge is 0.0390 e. The van der Waals surface area contributed by atoms with Gasteiger partial charge in [0.15, 0.2) is 0 Å². The van der Waals surface area contributed by atoms with E-state index in [0.717, 1.165) is 11.4 Å². The molecule has 0 radical (unpaired) electrons. The van der Waals surface area contributed by atoms with Crippen molar-refractivity contribution >= 4 is 42.9 Å². The van der Waals surface area contributed by atoms with Crippen molar-refractivity contribution in [2.45, 2.75) is 19.3 Å². The number of fused-ring (bicyclic) bond motifs is 6. The number of anilines is 2. The number of benzene rings is 6. The Hall–Kier alpha value is -4.66. The second kappa shape index (κ2) is 9.19. The SMILES string of the molecule is CC1(C)c2ccccc2-c2ccc(Nc3ccc(-c4cccc5sc6ccccc6c45)c(-c4ccccc4)c3)cc21. The molecule has 0 atom stereocenters. The van der Waals surface area contributed by atoms with E-state index < -0.39 is 0 Å². The molecule has 1 heterocycles.